The van der Waals surface area contributed by atoms with E-state index >= 15 is 0 Å². The highest BCUT2D eigenvalue weighted by atomic mass is 35.5. The van der Waals surface area contributed by atoms with Gasteiger partial charge in [0.25, 0.3) is 5.71 Å². The van der Waals surface area contributed by atoms with Gasteiger partial charge >= 0.3 is 0 Å². The Morgan fingerprint density at radius 3 is 2.50 bits per heavy atom. The Kier molecular flexibility index (Phi) is 6.26. The maximum Gasteiger partial charge on any atom is 0.252 e. The van der Waals surface area contributed by atoms with E-state index in [9.17, 15) is 0 Å². The summed E-state index contributed by atoms with van der Waals surface area (Å²) >= 11 is 6.01. The molecule has 0 spiro atoms. The van der Waals surface area contributed by atoms with Crippen molar-refractivity contribution in [2.45, 2.75) is 0 Å². The van der Waals surface area contributed by atoms with Gasteiger partial charge < -0.3 is 15.5 Å². The molecule has 0 radical (unpaired) electrons. The number of hydrogen-bond acceptors (Lipinski definition) is 6. The lowest BCUT2D eigenvalue weighted by Crippen LogP contribution is -1.95. The lowest BCUT2D eigenvalue weighted by molar-refractivity contribution is 0.607. The molecule has 0 aliphatic heterocycles. The number of nitrogens with two attached hydrogens (primary N) is 1. The lowest BCUT2D eigenvalue weighted by Gasteiger charge is -2.05. The Morgan fingerprint density at radius 1 is 1.00 bits per heavy atom. The second-order valence-electron chi connectivity index (χ2n) is 5.15. The van der Waals surface area contributed by atoms with E-state index in [1.54, 1.807) is 24.3 Å². The van der Waals surface area contributed by atoms with Crippen LogP contribution in [0.5, 0.6) is 0 Å². The Balaban J connectivity index is 0.00000121. The smallest absolute Gasteiger partial charge is 0.252 e. The van der Waals surface area contributed by atoms with Crippen molar-refractivity contribution in [1.29, 1.82) is 0 Å². The minimum atomic E-state index is 0. The predicted octanol–water partition coefficient (Wildman–Crippen LogP) is 5.11. The van der Waals surface area contributed by atoms with E-state index in [0.29, 0.717) is 33.6 Å². The van der Waals surface area contributed by atoms with Crippen molar-refractivity contribution in [1.82, 2.24) is 15.0 Å². The zero-order valence-electron chi connectivity index (χ0n) is 13.2. The van der Waals surface area contributed by atoms with E-state index in [0.717, 1.165) is 11.3 Å². The SMILES string of the molecule is Cl.Cl.Nc1ccc(-c2nc3c(Nc4cccc(Cl)c4)ncnc3o2)cc1. The molecule has 0 aliphatic rings. The molecule has 26 heavy (non-hydrogen) atoms. The number of nitrogens with zero attached hydrogens (tertiary/aromatic N) is 3. The monoisotopic (exact) mass is 409 g/mol. The van der Waals surface area contributed by atoms with Crippen LogP contribution in [0, 0.1) is 0 Å². The van der Waals surface area contributed by atoms with Crippen LogP contribution in [-0.2, 0) is 0 Å². The first-order chi connectivity index (χ1) is 11.7. The highest BCUT2D eigenvalue weighted by Gasteiger charge is 2.14. The van der Waals surface area contributed by atoms with Gasteiger partial charge in [-0.25, -0.2) is 9.97 Å². The molecule has 0 saturated carbocycles. The van der Waals surface area contributed by atoms with Crippen molar-refractivity contribution < 1.29 is 4.42 Å². The summed E-state index contributed by atoms with van der Waals surface area (Å²) in [6, 6.07) is 14.6. The molecular weight excluding hydrogens is 397 g/mol. The van der Waals surface area contributed by atoms with Gasteiger partial charge in [0, 0.05) is 22.0 Å². The number of nitrogens with one attached hydrogen (secondary N) is 1. The van der Waals surface area contributed by atoms with Crippen LogP contribution < -0.4 is 11.1 Å². The van der Waals surface area contributed by atoms with Crippen LogP contribution in [0.1, 0.15) is 0 Å². The topological polar surface area (TPSA) is 89.9 Å². The van der Waals surface area contributed by atoms with Crippen LogP contribution in [0.25, 0.3) is 22.7 Å². The predicted molar refractivity (Wildman–Crippen MR) is 109 cm³/mol. The van der Waals surface area contributed by atoms with Crippen molar-refractivity contribution in [3.8, 4) is 11.5 Å². The van der Waals surface area contributed by atoms with Gasteiger partial charge in [-0.3, -0.25) is 0 Å². The van der Waals surface area contributed by atoms with Gasteiger partial charge in [0.15, 0.2) is 11.3 Å². The highest BCUT2D eigenvalue weighted by molar-refractivity contribution is 6.30. The van der Waals surface area contributed by atoms with Crippen LogP contribution in [0.2, 0.25) is 5.02 Å². The van der Waals surface area contributed by atoms with Gasteiger partial charge in [0.2, 0.25) is 5.89 Å². The van der Waals surface area contributed by atoms with Gasteiger partial charge in [0.05, 0.1) is 0 Å². The van der Waals surface area contributed by atoms with Crippen molar-refractivity contribution in [2.75, 3.05) is 11.1 Å². The summed E-state index contributed by atoms with van der Waals surface area (Å²) in [4.78, 5) is 12.9. The average Bonchev–Trinajstić information content (AvgIpc) is 3.01. The lowest BCUT2D eigenvalue weighted by atomic mass is 10.2. The molecule has 134 valence electrons. The molecule has 4 rings (SSSR count). The zero-order valence-corrected chi connectivity index (χ0v) is 15.6. The maximum atomic E-state index is 6.01. The Labute approximate surface area is 166 Å². The molecule has 0 amide bonds. The molecule has 0 saturated heterocycles. The summed E-state index contributed by atoms with van der Waals surface area (Å²) < 4.78 is 5.73. The van der Waals surface area contributed by atoms with Gasteiger partial charge in [-0.2, -0.15) is 4.98 Å². The van der Waals surface area contributed by atoms with E-state index in [4.69, 9.17) is 21.8 Å². The van der Waals surface area contributed by atoms with Crippen molar-refractivity contribution >= 4 is 64.8 Å². The molecular formula is C17H14Cl3N5O. The van der Waals surface area contributed by atoms with Gasteiger partial charge in [-0.05, 0) is 42.5 Å². The molecule has 3 N–H and O–H groups in total. The fraction of sp³-hybridized carbons (Fsp3) is 0. The van der Waals surface area contributed by atoms with Crippen molar-refractivity contribution in [2.24, 2.45) is 0 Å². The van der Waals surface area contributed by atoms with E-state index in [1.165, 1.54) is 6.33 Å². The van der Waals surface area contributed by atoms with Crippen LogP contribution in [0.3, 0.4) is 0 Å². The minimum Gasteiger partial charge on any atom is -0.417 e. The number of aromatic nitrogens is 3. The molecule has 0 bridgehead atoms. The second-order valence-corrected chi connectivity index (χ2v) is 5.59. The number of oxazole rings is 1. The van der Waals surface area contributed by atoms with Crippen LogP contribution in [0.4, 0.5) is 17.2 Å². The summed E-state index contributed by atoms with van der Waals surface area (Å²) in [7, 11) is 0. The van der Waals surface area contributed by atoms with E-state index in [1.807, 2.05) is 24.3 Å². The molecule has 9 heteroatoms. The van der Waals surface area contributed by atoms with Gasteiger partial charge in [-0.15, -0.1) is 24.8 Å². The molecule has 2 aromatic heterocycles. The summed E-state index contributed by atoms with van der Waals surface area (Å²) in [5.41, 5.74) is 8.96. The second kappa shape index (κ2) is 8.23. The molecule has 6 nitrogen and oxygen atoms in total. The fourth-order valence-corrected chi connectivity index (χ4v) is 2.49. The molecule has 0 aliphatic carbocycles. The molecule has 0 unspecified atom stereocenters. The van der Waals surface area contributed by atoms with E-state index in [-0.39, 0.29) is 24.8 Å². The minimum absolute atomic E-state index is 0. The third kappa shape index (κ3) is 3.99. The van der Waals surface area contributed by atoms with Gasteiger partial charge in [0.1, 0.15) is 6.33 Å². The van der Waals surface area contributed by atoms with Crippen LogP contribution >= 0.6 is 36.4 Å². The first-order valence-corrected chi connectivity index (χ1v) is 7.57. The third-order valence-electron chi connectivity index (χ3n) is 3.44. The standard InChI is InChI=1S/C17H12ClN5O.2ClH/c18-11-2-1-3-13(8-11)22-15-14-17(21-9-20-15)24-16(23-14)10-4-6-12(19)7-5-10;;/h1-9H,19H2,(H,20,21,22);2*1H. The quantitative estimate of drug-likeness (QED) is 0.456. The summed E-state index contributed by atoms with van der Waals surface area (Å²) in [6.45, 7) is 0. The third-order valence-corrected chi connectivity index (χ3v) is 3.68. The largest absolute Gasteiger partial charge is 0.417 e. The number of fused-ring (bicyclic) bond motifs is 1. The van der Waals surface area contributed by atoms with Gasteiger partial charge in [-0.1, -0.05) is 17.7 Å². The zero-order chi connectivity index (χ0) is 16.5. The first kappa shape index (κ1) is 19.8. The highest BCUT2D eigenvalue weighted by Crippen LogP contribution is 2.28. The summed E-state index contributed by atoms with van der Waals surface area (Å²) in [5, 5.41) is 3.82. The van der Waals surface area contributed by atoms with E-state index < -0.39 is 0 Å². The number of anilines is 3. The Hall–Kier alpha value is -2.54. The van der Waals surface area contributed by atoms with E-state index in [2.05, 4.69) is 20.3 Å². The number of halogens is 3. The average molecular weight is 411 g/mol. The number of hydrogen-bond donors (Lipinski definition) is 2. The molecule has 4 aromatic rings. The van der Waals surface area contributed by atoms with Crippen LogP contribution in [-0.4, -0.2) is 15.0 Å². The Bertz CT molecular complexity index is 1020. The Morgan fingerprint density at radius 2 is 1.77 bits per heavy atom. The summed E-state index contributed by atoms with van der Waals surface area (Å²) in [5.74, 6) is 1.01. The molecule has 0 fully saturated rings. The number of rotatable bonds is 3. The number of benzene rings is 2. The van der Waals surface area contributed by atoms with Crippen molar-refractivity contribution in [3.63, 3.8) is 0 Å². The first-order valence-electron chi connectivity index (χ1n) is 7.19. The van der Waals surface area contributed by atoms with Crippen LogP contribution in [0.15, 0.2) is 59.3 Å². The summed E-state index contributed by atoms with van der Waals surface area (Å²) in [6.07, 6.45) is 1.42. The fourth-order valence-electron chi connectivity index (χ4n) is 2.30. The maximum absolute atomic E-state index is 6.01. The molecule has 0 atom stereocenters. The normalized spacial score (nSPS) is 10.0. The van der Waals surface area contributed by atoms with Crippen molar-refractivity contribution in [3.05, 3.63) is 59.9 Å². The molecule has 2 aromatic carbocycles. The molecule has 2 heterocycles. The number of nitrogen functional groups attached to an aromatic ring is 1.